The fourth-order valence-electron chi connectivity index (χ4n) is 6.32. The molecule has 42 heavy (non-hydrogen) atoms. The average Bonchev–Trinajstić information content (AvgIpc) is 3.46. The van der Waals surface area contributed by atoms with E-state index >= 15 is 0 Å². The van der Waals surface area contributed by atoms with Gasteiger partial charge in [-0.3, -0.25) is 9.69 Å². The Hall–Kier alpha value is -3.48. The highest BCUT2D eigenvalue weighted by Crippen LogP contribution is 2.33. The van der Waals surface area contributed by atoms with Gasteiger partial charge in [-0.2, -0.15) is 0 Å². The lowest BCUT2D eigenvalue weighted by molar-refractivity contribution is 0.0665. The molecule has 1 aromatic heterocycles. The number of benzene rings is 4. The summed E-state index contributed by atoms with van der Waals surface area (Å²) in [4.78, 5) is 28.0. The minimum atomic E-state index is -0.239. The van der Waals surface area contributed by atoms with E-state index in [1.54, 1.807) is 0 Å². The topological polar surface area (TPSA) is 52.2 Å². The number of hydrogen-bond acceptors (Lipinski definition) is 3. The molecule has 1 fully saturated rings. The van der Waals surface area contributed by atoms with Crippen molar-refractivity contribution in [2.24, 2.45) is 0 Å². The Bertz CT molecular complexity index is 1630. The number of para-hydroxylation sites is 2. The molecular formula is C36H39BrN4O. The third-order valence-electron chi connectivity index (χ3n) is 8.57. The van der Waals surface area contributed by atoms with Crippen LogP contribution in [0.5, 0.6) is 0 Å². The number of carbonyl (C=O) groups excluding carboxylic acids is 1. The van der Waals surface area contributed by atoms with Crippen LogP contribution in [-0.4, -0.2) is 45.3 Å². The van der Waals surface area contributed by atoms with Crippen molar-refractivity contribution in [3.8, 4) is 0 Å². The van der Waals surface area contributed by atoms with E-state index in [1.807, 2.05) is 42.5 Å². The van der Waals surface area contributed by atoms with Crippen LogP contribution in [0, 0.1) is 0 Å². The number of hydrogen-bond donors (Lipinski definition) is 1. The smallest absolute Gasteiger partial charge is 0.255 e. The Morgan fingerprint density at radius 1 is 0.929 bits per heavy atom. The molecule has 5 nitrogen and oxygen atoms in total. The zero-order chi connectivity index (χ0) is 28.9. The Kier molecular flexibility index (Phi) is 9.01. The van der Waals surface area contributed by atoms with Crippen molar-refractivity contribution in [3.63, 3.8) is 0 Å². The van der Waals surface area contributed by atoms with E-state index in [0.717, 1.165) is 70.1 Å². The van der Waals surface area contributed by atoms with Gasteiger partial charge in [0.15, 0.2) is 0 Å². The van der Waals surface area contributed by atoms with Crippen LogP contribution < -0.4 is 0 Å². The molecule has 6 rings (SSSR count). The average molecular weight is 624 g/mol. The summed E-state index contributed by atoms with van der Waals surface area (Å²) in [5.41, 5.74) is 5.27. The van der Waals surface area contributed by atoms with Crippen molar-refractivity contribution >= 4 is 43.6 Å². The fourth-order valence-corrected chi connectivity index (χ4v) is 6.91. The highest BCUT2D eigenvalue weighted by atomic mass is 79.9. The molecule has 0 spiro atoms. The molecule has 6 heteroatoms. The lowest BCUT2D eigenvalue weighted by Gasteiger charge is -2.33. The molecule has 1 aliphatic rings. The van der Waals surface area contributed by atoms with E-state index in [4.69, 9.17) is 4.98 Å². The molecular weight excluding hydrogens is 584 g/mol. The molecule has 0 saturated carbocycles. The second-order valence-corrected chi connectivity index (χ2v) is 12.3. The second-order valence-electron chi connectivity index (χ2n) is 11.5. The van der Waals surface area contributed by atoms with Crippen molar-refractivity contribution < 1.29 is 4.79 Å². The van der Waals surface area contributed by atoms with Gasteiger partial charge in [0.1, 0.15) is 5.82 Å². The van der Waals surface area contributed by atoms with E-state index in [1.165, 1.54) is 30.4 Å². The van der Waals surface area contributed by atoms with Crippen molar-refractivity contribution in [2.75, 3.05) is 19.6 Å². The number of unbranched alkanes of at least 4 members (excludes halogenated alkanes) is 1. The Morgan fingerprint density at radius 3 is 2.45 bits per heavy atom. The molecule has 1 atom stereocenters. The maximum atomic E-state index is 14.7. The van der Waals surface area contributed by atoms with Gasteiger partial charge in [0, 0.05) is 34.9 Å². The van der Waals surface area contributed by atoms with E-state index in [0.29, 0.717) is 13.0 Å². The van der Waals surface area contributed by atoms with Gasteiger partial charge in [-0.25, -0.2) is 4.98 Å². The molecule has 2 heterocycles. The fraction of sp³-hybridized carbons (Fsp3) is 0.333. The molecule has 0 bridgehead atoms. The third-order valence-corrected chi connectivity index (χ3v) is 9.23. The van der Waals surface area contributed by atoms with Gasteiger partial charge in [0.2, 0.25) is 0 Å². The summed E-state index contributed by atoms with van der Waals surface area (Å²) in [5, 5.41) is 2.01. The van der Waals surface area contributed by atoms with E-state index in [2.05, 4.69) is 80.1 Å². The number of rotatable bonds is 10. The number of amides is 1. The van der Waals surface area contributed by atoms with Crippen LogP contribution in [0.2, 0.25) is 0 Å². The number of aromatic amines is 1. The number of likely N-dealkylation sites (tertiary alicyclic amines) is 1. The lowest BCUT2D eigenvalue weighted by Crippen LogP contribution is -2.38. The highest BCUT2D eigenvalue weighted by molar-refractivity contribution is 9.10. The van der Waals surface area contributed by atoms with Crippen LogP contribution in [0.4, 0.5) is 0 Å². The SMILES string of the molecule is CCCCN(C(=O)c1cccc2cccc(Br)c12)C(Cc1ccccc1CN1CCCCC1)c1nc2ccccc2[nH]1. The summed E-state index contributed by atoms with van der Waals surface area (Å²) in [6.45, 7) is 6.09. The first kappa shape index (κ1) is 28.6. The minimum Gasteiger partial charge on any atom is -0.340 e. The first-order chi connectivity index (χ1) is 20.6. The third kappa shape index (κ3) is 6.16. The summed E-state index contributed by atoms with van der Waals surface area (Å²) < 4.78 is 0.937. The summed E-state index contributed by atoms with van der Waals surface area (Å²) in [6, 6.07) is 28.8. The van der Waals surface area contributed by atoms with Gasteiger partial charge in [-0.1, -0.05) is 96.4 Å². The molecule has 0 aliphatic carbocycles. The zero-order valence-electron chi connectivity index (χ0n) is 24.4. The molecule has 5 aromatic rings. The van der Waals surface area contributed by atoms with Crippen molar-refractivity contribution in [1.82, 2.24) is 19.8 Å². The molecule has 1 amide bonds. The lowest BCUT2D eigenvalue weighted by atomic mass is 9.96. The van der Waals surface area contributed by atoms with Crippen LogP contribution in [-0.2, 0) is 13.0 Å². The number of nitrogens with zero attached hydrogens (tertiary/aromatic N) is 3. The van der Waals surface area contributed by atoms with Crippen molar-refractivity contribution in [1.29, 1.82) is 0 Å². The Labute approximate surface area is 257 Å². The molecule has 1 aliphatic heterocycles. The standard InChI is InChI=1S/C36H39BrN4O/c1-2-3-23-41(36(42)29-17-11-15-26-16-12-18-30(37)34(26)29)33(35-38-31-19-7-8-20-32(31)39-35)24-27-13-5-6-14-28(27)25-40-21-9-4-10-22-40/h5-8,11-20,33H,2-4,9-10,21-25H2,1H3,(H,38,39). The first-order valence-corrected chi connectivity index (χ1v) is 16.1. The number of carbonyl (C=O) groups is 1. The predicted octanol–water partition coefficient (Wildman–Crippen LogP) is 8.69. The molecule has 216 valence electrons. The number of imidazole rings is 1. The zero-order valence-corrected chi connectivity index (χ0v) is 25.9. The summed E-state index contributed by atoms with van der Waals surface area (Å²) in [7, 11) is 0. The first-order valence-electron chi connectivity index (χ1n) is 15.3. The van der Waals surface area contributed by atoms with Crippen LogP contribution in [0.15, 0.2) is 89.4 Å². The quantitative estimate of drug-likeness (QED) is 0.169. The van der Waals surface area contributed by atoms with E-state index < -0.39 is 0 Å². The minimum absolute atomic E-state index is 0.0416. The molecule has 1 unspecified atom stereocenters. The van der Waals surface area contributed by atoms with Crippen LogP contribution in [0.3, 0.4) is 0 Å². The highest BCUT2D eigenvalue weighted by Gasteiger charge is 2.30. The van der Waals surface area contributed by atoms with Crippen molar-refractivity contribution in [2.45, 2.75) is 58.0 Å². The molecule has 1 saturated heterocycles. The number of fused-ring (bicyclic) bond motifs is 2. The number of halogens is 1. The molecule has 0 radical (unpaired) electrons. The maximum absolute atomic E-state index is 14.7. The van der Waals surface area contributed by atoms with Crippen LogP contribution in [0.1, 0.15) is 72.4 Å². The van der Waals surface area contributed by atoms with Gasteiger partial charge >= 0.3 is 0 Å². The monoisotopic (exact) mass is 622 g/mol. The van der Waals surface area contributed by atoms with Crippen molar-refractivity contribution in [3.05, 3.63) is 112 Å². The number of nitrogens with one attached hydrogen (secondary N) is 1. The number of piperidine rings is 1. The molecule has 1 N–H and O–H groups in total. The number of H-pyrrole nitrogens is 1. The van der Waals surface area contributed by atoms with Gasteiger partial charge in [-0.15, -0.1) is 0 Å². The van der Waals surface area contributed by atoms with Gasteiger partial charge < -0.3 is 9.88 Å². The van der Waals surface area contributed by atoms with E-state index in [9.17, 15) is 4.79 Å². The normalized spacial score (nSPS) is 14.8. The summed E-state index contributed by atoms with van der Waals surface area (Å²) in [5.74, 6) is 0.882. The summed E-state index contributed by atoms with van der Waals surface area (Å²) >= 11 is 3.74. The van der Waals surface area contributed by atoms with Gasteiger partial charge in [0.05, 0.1) is 17.1 Å². The maximum Gasteiger partial charge on any atom is 0.255 e. The summed E-state index contributed by atoms with van der Waals surface area (Å²) in [6.07, 6.45) is 6.48. The van der Waals surface area contributed by atoms with Gasteiger partial charge in [-0.05, 0) is 73.1 Å². The largest absolute Gasteiger partial charge is 0.340 e. The van der Waals surface area contributed by atoms with Gasteiger partial charge in [0.25, 0.3) is 5.91 Å². The van der Waals surface area contributed by atoms with E-state index in [-0.39, 0.29) is 11.9 Å². The Balaban J connectivity index is 1.44. The Morgan fingerprint density at radius 2 is 1.67 bits per heavy atom. The van der Waals surface area contributed by atoms with Crippen LogP contribution >= 0.6 is 15.9 Å². The predicted molar refractivity (Wildman–Crippen MR) is 176 cm³/mol. The second kappa shape index (κ2) is 13.2. The number of aromatic nitrogens is 2. The molecule has 4 aromatic carbocycles. The van der Waals surface area contributed by atoms with Crippen LogP contribution in [0.25, 0.3) is 21.8 Å².